The molecule has 1 unspecified atom stereocenters. The van der Waals surface area contributed by atoms with Gasteiger partial charge in [0.1, 0.15) is 17.2 Å². The van der Waals surface area contributed by atoms with Crippen LogP contribution in [-0.4, -0.2) is 43.0 Å². The molecule has 10 heteroatoms. The SMILES string of the molecule is Cc1ccc(C)n1-c1ccc(C2=NN(C(=O)c3ccc(-c4ccccc4CNC(=O)OC(C)(C)C)s3)C(c3ccccc3O)C2)cn1. The minimum absolute atomic E-state index is 0.108. The number of aryl methyl sites for hydroxylation is 2. The highest BCUT2D eigenvalue weighted by atomic mass is 32.1. The molecule has 2 N–H and O–H groups in total. The smallest absolute Gasteiger partial charge is 0.407 e. The van der Waals surface area contributed by atoms with Crippen molar-refractivity contribution in [1.29, 1.82) is 0 Å². The number of hydrogen-bond donors (Lipinski definition) is 2. The number of aromatic nitrogens is 2. The summed E-state index contributed by atoms with van der Waals surface area (Å²) in [7, 11) is 0. The Morgan fingerprint density at radius 2 is 1.68 bits per heavy atom. The van der Waals surface area contributed by atoms with E-state index in [0.717, 1.165) is 38.8 Å². The third kappa shape index (κ3) is 6.83. The number of phenolic OH excluding ortho intramolecular Hbond substituents is 1. The summed E-state index contributed by atoms with van der Waals surface area (Å²) in [6.07, 6.45) is 1.71. The number of carbonyl (C=O) groups is 2. The van der Waals surface area contributed by atoms with Crippen molar-refractivity contribution < 1.29 is 19.4 Å². The fourth-order valence-corrected chi connectivity index (χ4v) is 6.71. The summed E-state index contributed by atoms with van der Waals surface area (Å²) < 4.78 is 7.48. The molecule has 6 rings (SSSR count). The van der Waals surface area contributed by atoms with Gasteiger partial charge in [0.25, 0.3) is 5.91 Å². The summed E-state index contributed by atoms with van der Waals surface area (Å²) in [4.78, 5) is 32.5. The van der Waals surface area contributed by atoms with Gasteiger partial charge in [-0.2, -0.15) is 5.10 Å². The van der Waals surface area contributed by atoms with Crippen molar-refractivity contribution in [2.24, 2.45) is 5.10 Å². The molecule has 240 valence electrons. The largest absolute Gasteiger partial charge is 0.508 e. The van der Waals surface area contributed by atoms with Crippen LogP contribution in [0.15, 0.2) is 96.2 Å². The van der Waals surface area contributed by atoms with Gasteiger partial charge in [-0.25, -0.2) is 14.8 Å². The molecule has 5 aromatic rings. The highest BCUT2D eigenvalue weighted by Crippen LogP contribution is 2.39. The molecule has 1 aliphatic heterocycles. The van der Waals surface area contributed by atoms with Crippen molar-refractivity contribution in [3.8, 4) is 22.0 Å². The number of benzene rings is 2. The van der Waals surface area contributed by atoms with Crippen LogP contribution in [0.25, 0.3) is 16.3 Å². The van der Waals surface area contributed by atoms with Gasteiger partial charge in [0.2, 0.25) is 0 Å². The van der Waals surface area contributed by atoms with Gasteiger partial charge in [-0.05, 0) is 88.2 Å². The number of rotatable bonds is 7. The fraction of sp³-hybridized carbons (Fsp3) is 0.243. The highest BCUT2D eigenvalue weighted by Gasteiger charge is 2.36. The van der Waals surface area contributed by atoms with E-state index < -0.39 is 17.7 Å². The van der Waals surface area contributed by atoms with Gasteiger partial charge >= 0.3 is 6.09 Å². The molecule has 0 radical (unpaired) electrons. The van der Waals surface area contributed by atoms with Gasteiger partial charge in [-0.15, -0.1) is 11.3 Å². The van der Waals surface area contributed by atoms with Crippen LogP contribution in [-0.2, 0) is 11.3 Å². The van der Waals surface area contributed by atoms with E-state index in [1.807, 2.05) is 89.2 Å². The number of carbonyl (C=O) groups excluding carboxylic acids is 2. The van der Waals surface area contributed by atoms with Gasteiger partial charge in [-0.3, -0.25) is 4.79 Å². The minimum Gasteiger partial charge on any atom is -0.508 e. The minimum atomic E-state index is -0.597. The summed E-state index contributed by atoms with van der Waals surface area (Å²) >= 11 is 1.36. The molecule has 4 heterocycles. The molecule has 0 spiro atoms. The Balaban J connectivity index is 1.28. The average molecular weight is 648 g/mol. The number of hydrazone groups is 1. The first-order valence-corrected chi connectivity index (χ1v) is 16.3. The Hall–Kier alpha value is -5.22. The zero-order valence-corrected chi connectivity index (χ0v) is 27.8. The maximum absolute atomic E-state index is 14.1. The van der Waals surface area contributed by atoms with Gasteiger partial charge in [0.05, 0.1) is 16.6 Å². The van der Waals surface area contributed by atoms with Crippen molar-refractivity contribution in [2.45, 2.75) is 59.2 Å². The molecule has 1 atom stereocenters. The fourth-order valence-electron chi connectivity index (χ4n) is 5.71. The predicted octanol–water partition coefficient (Wildman–Crippen LogP) is 7.94. The molecular formula is C37H37N5O4S. The first-order valence-electron chi connectivity index (χ1n) is 15.4. The molecule has 0 fully saturated rings. The van der Waals surface area contributed by atoms with Crippen molar-refractivity contribution in [3.05, 3.63) is 124 Å². The molecule has 0 saturated heterocycles. The summed E-state index contributed by atoms with van der Waals surface area (Å²) in [6, 6.07) is 26.1. The standard InChI is InChI=1S/C37H37N5O4S/c1-23-14-15-24(2)41(23)34-19-16-26(22-38-34)29-20-30(28-12-8-9-13-31(28)43)42(40-29)35(44)33-18-17-32(47-33)27-11-7-6-10-25(27)21-39-36(45)46-37(3,4)5/h6-19,22,30,43H,20-21H2,1-5H3,(H,39,45). The van der Waals surface area contributed by atoms with Crippen LogP contribution in [0, 0.1) is 13.8 Å². The summed E-state index contributed by atoms with van der Waals surface area (Å²) in [5, 5.41) is 19.9. The quantitative estimate of drug-likeness (QED) is 0.186. The van der Waals surface area contributed by atoms with E-state index >= 15 is 0 Å². The maximum atomic E-state index is 14.1. The third-order valence-electron chi connectivity index (χ3n) is 7.92. The molecule has 0 bridgehead atoms. The lowest BCUT2D eigenvalue weighted by Gasteiger charge is -2.22. The van der Waals surface area contributed by atoms with Crippen molar-refractivity contribution in [2.75, 3.05) is 0 Å². The molecule has 2 aromatic carbocycles. The van der Waals surface area contributed by atoms with Gasteiger partial charge in [0, 0.05) is 46.6 Å². The Bertz CT molecular complexity index is 1950. The number of hydrogen-bond acceptors (Lipinski definition) is 7. The van der Waals surface area contributed by atoms with Crippen LogP contribution >= 0.6 is 11.3 Å². The average Bonchev–Trinajstić information content (AvgIpc) is 3.78. The van der Waals surface area contributed by atoms with Crippen molar-refractivity contribution >= 4 is 29.0 Å². The van der Waals surface area contributed by atoms with Crippen LogP contribution in [0.3, 0.4) is 0 Å². The Morgan fingerprint density at radius 3 is 2.38 bits per heavy atom. The zero-order chi connectivity index (χ0) is 33.3. The summed E-state index contributed by atoms with van der Waals surface area (Å²) in [5.41, 5.74) is 5.54. The number of nitrogens with zero attached hydrogens (tertiary/aromatic N) is 4. The molecule has 3 aromatic heterocycles. The Labute approximate surface area is 278 Å². The van der Waals surface area contributed by atoms with Crippen LogP contribution in [0.2, 0.25) is 0 Å². The number of nitrogens with one attached hydrogen (secondary N) is 1. The van der Waals surface area contributed by atoms with Crippen molar-refractivity contribution in [3.63, 3.8) is 0 Å². The topological polar surface area (TPSA) is 109 Å². The van der Waals surface area contributed by atoms with E-state index in [-0.39, 0.29) is 18.2 Å². The summed E-state index contributed by atoms with van der Waals surface area (Å²) in [6.45, 7) is 9.82. The number of alkyl carbamates (subject to hydrolysis) is 1. The lowest BCUT2D eigenvalue weighted by atomic mass is 9.98. The molecule has 9 nitrogen and oxygen atoms in total. The number of phenols is 1. The Morgan fingerprint density at radius 1 is 0.957 bits per heavy atom. The van der Waals surface area contributed by atoms with Crippen LogP contribution < -0.4 is 5.32 Å². The van der Waals surface area contributed by atoms with Crippen LogP contribution in [0.1, 0.15) is 71.0 Å². The predicted molar refractivity (Wildman–Crippen MR) is 184 cm³/mol. The van der Waals surface area contributed by atoms with Gasteiger partial charge < -0.3 is 19.7 Å². The van der Waals surface area contributed by atoms with E-state index in [9.17, 15) is 14.7 Å². The van der Waals surface area contributed by atoms with E-state index in [1.165, 1.54) is 16.3 Å². The molecular weight excluding hydrogens is 611 g/mol. The zero-order valence-electron chi connectivity index (χ0n) is 27.0. The number of pyridine rings is 1. The van der Waals surface area contributed by atoms with Crippen molar-refractivity contribution in [1.82, 2.24) is 19.9 Å². The lowest BCUT2D eigenvalue weighted by Crippen LogP contribution is -2.32. The second-order valence-corrected chi connectivity index (χ2v) is 13.6. The number of amides is 2. The summed E-state index contributed by atoms with van der Waals surface area (Å²) in [5.74, 6) is 0.652. The normalized spacial score (nSPS) is 14.6. The number of ether oxygens (including phenoxy) is 1. The van der Waals surface area contributed by atoms with Gasteiger partial charge in [-0.1, -0.05) is 42.5 Å². The Kier molecular flexibility index (Phi) is 8.70. The van der Waals surface area contributed by atoms with E-state index in [0.29, 0.717) is 22.6 Å². The maximum Gasteiger partial charge on any atom is 0.407 e. The first kappa shape index (κ1) is 31.7. The lowest BCUT2D eigenvalue weighted by molar-refractivity contribution is 0.0523. The highest BCUT2D eigenvalue weighted by molar-refractivity contribution is 7.17. The molecule has 2 amide bonds. The number of aromatic hydroxyl groups is 1. The number of para-hydroxylation sites is 1. The van der Waals surface area contributed by atoms with E-state index in [1.54, 1.807) is 24.4 Å². The van der Waals surface area contributed by atoms with E-state index in [4.69, 9.17) is 14.8 Å². The van der Waals surface area contributed by atoms with Crippen LogP contribution in [0.4, 0.5) is 4.79 Å². The monoisotopic (exact) mass is 647 g/mol. The van der Waals surface area contributed by atoms with E-state index in [2.05, 4.69) is 22.0 Å². The van der Waals surface area contributed by atoms with Gasteiger partial charge in [0.15, 0.2) is 0 Å². The molecule has 0 saturated carbocycles. The molecule has 47 heavy (non-hydrogen) atoms. The second-order valence-electron chi connectivity index (χ2n) is 12.5. The second kappa shape index (κ2) is 12.9. The third-order valence-corrected chi connectivity index (χ3v) is 9.02. The first-order chi connectivity index (χ1) is 22.5. The van der Waals surface area contributed by atoms with Crippen LogP contribution in [0.5, 0.6) is 5.75 Å². The molecule has 1 aliphatic rings. The number of thiophene rings is 1. The molecule has 0 aliphatic carbocycles.